The lowest BCUT2D eigenvalue weighted by Gasteiger charge is -2.03. The SMILES string of the molecule is Cc1cc(C)c2c(c1)nnc1ncnn12. The summed E-state index contributed by atoms with van der Waals surface area (Å²) in [7, 11) is 0. The maximum atomic E-state index is 4.14. The predicted molar refractivity (Wildman–Crippen MR) is 55.6 cm³/mol. The minimum atomic E-state index is 0.537. The number of hydrogen-bond donors (Lipinski definition) is 0. The molecule has 2 heterocycles. The van der Waals surface area contributed by atoms with Crippen LogP contribution in [0.25, 0.3) is 16.8 Å². The van der Waals surface area contributed by atoms with Crippen molar-refractivity contribution in [2.45, 2.75) is 13.8 Å². The van der Waals surface area contributed by atoms with E-state index in [1.165, 1.54) is 11.9 Å². The molecule has 0 saturated carbocycles. The molecule has 0 N–H and O–H groups in total. The molecule has 3 rings (SSSR count). The molecule has 0 amide bonds. The Morgan fingerprint density at radius 1 is 1.13 bits per heavy atom. The average molecular weight is 199 g/mol. The number of benzene rings is 1. The Morgan fingerprint density at radius 2 is 2.00 bits per heavy atom. The molecule has 3 aromatic rings. The molecule has 0 radical (unpaired) electrons. The number of rotatable bonds is 0. The highest BCUT2D eigenvalue weighted by molar-refractivity contribution is 5.79. The third kappa shape index (κ3) is 1.09. The topological polar surface area (TPSA) is 56.0 Å². The van der Waals surface area contributed by atoms with E-state index in [2.05, 4.69) is 26.3 Å². The van der Waals surface area contributed by atoms with Crippen molar-refractivity contribution in [1.29, 1.82) is 0 Å². The Hall–Kier alpha value is -2.04. The molecule has 5 heteroatoms. The quantitative estimate of drug-likeness (QED) is 0.547. The van der Waals surface area contributed by atoms with Gasteiger partial charge in [0.05, 0.1) is 5.52 Å². The van der Waals surface area contributed by atoms with E-state index < -0.39 is 0 Å². The fourth-order valence-electron chi connectivity index (χ4n) is 1.85. The lowest BCUT2D eigenvalue weighted by molar-refractivity contribution is 0.935. The van der Waals surface area contributed by atoms with Crippen LogP contribution in [0.1, 0.15) is 11.1 Å². The van der Waals surface area contributed by atoms with Crippen LogP contribution in [0.3, 0.4) is 0 Å². The number of hydrogen-bond acceptors (Lipinski definition) is 4. The Kier molecular flexibility index (Phi) is 1.50. The van der Waals surface area contributed by atoms with Gasteiger partial charge in [-0.3, -0.25) is 0 Å². The van der Waals surface area contributed by atoms with Crippen molar-refractivity contribution in [3.8, 4) is 0 Å². The van der Waals surface area contributed by atoms with Crippen molar-refractivity contribution in [3.63, 3.8) is 0 Å². The van der Waals surface area contributed by atoms with Gasteiger partial charge in [-0.1, -0.05) is 6.07 Å². The zero-order chi connectivity index (χ0) is 10.4. The Labute approximate surface area is 85.8 Å². The Balaban J connectivity index is 2.62. The highest BCUT2D eigenvalue weighted by atomic mass is 15.4. The first-order valence-corrected chi connectivity index (χ1v) is 4.69. The largest absolute Gasteiger partial charge is 0.272 e. The normalized spacial score (nSPS) is 11.3. The lowest BCUT2D eigenvalue weighted by atomic mass is 10.1. The van der Waals surface area contributed by atoms with Gasteiger partial charge in [-0.25, -0.2) is 0 Å². The Morgan fingerprint density at radius 3 is 2.87 bits per heavy atom. The second-order valence-electron chi connectivity index (χ2n) is 3.62. The summed E-state index contributed by atoms with van der Waals surface area (Å²) in [5, 5.41) is 12.3. The fourth-order valence-corrected chi connectivity index (χ4v) is 1.85. The van der Waals surface area contributed by atoms with Gasteiger partial charge in [-0.05, 0) is 31.0 Å². The molecule has 0 bridgehead atoms. The van der Waals surface area contributed by atoms with Crippen molar-refractivity contribution in [2.24, 2.45) is 0 Å². The maximum Gasteiger partial charge on any atom is 0.272 e. The molecule has 0 aliphatic carbocycles. The molecule has 5 nitrogen and oxygen atoms in total. The first kappa shape index (κ1) is 8.28. The minimum absolute atomic E-state index is 0.537. The second-order valence-corrected chi connectivity index (χ2v) is 3.62. The summed E-state index contributed by atoms with van der Waals surface area (Å²) in [4.78, 5) is 4.01. The summed E-state index contributed by atoms with van der Waals surface area (Å²) in [5.41, 5.74) is 4.14. The first-order valence-electron chi connectivity index (χ1n) is 4.69. The molecule has 0 atom stereocenters. The molecule has 1 aromatic carbocycles. The van der Waals surface area contributed by atoms with Crippen LogP contribution in [0.4, 0.5) is 0 Å². The zero-order valence-corrected chi connectivity index (χ0v) is 8.47. The van der Waals surface area contributed by atoms with E-state index in [0.29, 0.717) is 5.78 Å². The van der Waals surface area contributed by atoms with E-state index in [9.17, 15) is 0 Å². The number of aryl methyl sites for hydroxylation is 2. The van der Waals surface area contributed by atoms with E-state index in [4.69, 9.17) is 0 Å². The summed E-state index contributed by atoms with van der Waals surface area (Å²) < 4.78 is 1.72. The van der Waals surface area contributed by atoms with Gasteiger partial charge in [-0.2, -0.15) is 14.6 Å². The molecule has 15 heavy (non-hydrogen) atoms. The third-order valence-corrected chi connectivity index (χ3v) is 2.41. The van der Waals surface area contributed by atoms with Crippen LogP contribution in [0.5, 0.6) is 0 Å². The number of nitrogens with zero attached hydrogens (tertiary/aromatic N) is 5. The minimum Gasteiger partial charge on any atom is -0.196 e. The van der Waals surface area contributed by atoms with Crippen molar-refractivity contribution >= 4 is 16.8 Å². The van der Waals surface area contributed by atoms with Crippen molar-refractivity contribution in [3.05, 3.63) is 29.6 Å². The number of fused-ring (bicyclic) bond motifs is 3. The molecule has 0 aliphatic rings. The summed E-state index contributed by atoms with van der Waals surface area (Å²) in [5.74, 6) is 0.537. The fraction of sp³-hybridized carbons (Fsp3) is 0.200. The van der Waals surface area contributed by atoms with Gasteiger partial charge >= 0.3 is 0 Å². The number of aromatic nitrogens is 5. The lowest BCUT2D eigenvalue weighted by Crippen LogP contribution is -1.99. The monoisotopic (exact) mass is 199 g/mol. The molecule has 0 fully saturated rings. The molecule has 74 valence electrons. The molecule has 2 aromatic heterocycles. The van der Waals surface area contributed by atoms with Gasteiger partial charge < -0.3 is 0 Å². The van der Waals surface area contributed by atoms with Gasteiger partial charge in [0.25, 0.3) is 5.78 Å². The average Bonchev–Trinajstić information content (AvgIpc) is 2.63. The van der Waals surface area contributed by atoms with E-state index in [0.717, 1.165) is 16.6 Å². The van der Waals surface area contributed by atoms with Crippen LogP contribution >= 0.6 is 0 Å². The standard InChI is InChI=1S/C10H9N5/c1-6-3-7(2)9-8(4-6)13-14-10-11-5-12-15(9)10/h3-5H,1-2H3. The van der Waals surface area contributed by atoms with Gasteiger partial charge in [0.2, 0.25) is 0 Å². The van der Waals surface area contributed by atoms with Crippen molar-refractivity contribution in [1.82, 2.24) is 24.8 Å². The van der Waals surface area contributed by atoms with Gasteiger partial charge in [0, 0.05) is 0 Å². The van der Waals surface area contributed by atoms with Crippen LogP contribution in [0, 0.1) is 13.8 Å². The maximum absolute atomic E-state index is 4.14. The van der Waals surface area contributed by atoms with Gasteiger partial charge in [-0.15, -0.1) is 10.2 Å². The molecule has 0 aliphatic heterocycles. The van der Waals surface area contributed by atoms with E-state index in [1.807, 2.05) is 19.9 Å². The zero-order valence-electron chi connectivity index (χ0n) is 8.47. The van der Waals surface area contributed by atoms with E-state index in [1.54, 1.807) is 4.52 Å². The first-order chi connectivity index (χ1) is 7.25. The highest BCUT2D eigenvalue weighted by Gasteiger charge is 2.07. The second kappa shape index (κ2) is 2.73. The molecule has 0 unspecified atom stereocenters. The molecular weight excluding hydrogens is 190 g/mol. The smallest absolute Gasteiger partial charge is 0.196 e. The molecular formula is C10H9N5. The Bertz CT molecular complexity index is 655. The van der Waals surface area contributed by atoms with E-state index in [-0.39, 0.29) is 0 Å². The molecule has 0 spiro atoms. The van der Waals surface area contributed by atoms with Crippen LogP contribution in [0.2, 0.25) is 0 Å². The molecule has 0 saturated heterocycles. The third-order valence-electron chi connectivity index (χ3n) is 2.41. The van der Waals surface area contributed by atoms with Crippen LogP contribution in [-0.4, -0.2) is 24.8 Å². The van der Waals surface area contributed by atoms with E-state index >= 15 is 0 Å². The summed E-state index contributed by atoms with van der Waals surface area (Å²) in [6.45, 7) is 4.08. The van der Waals surface area contributed by atoms with Crippen LogP contribution in [-0.2, 0) is 0 Å². The predicted octanol–water partition coefficient (Wildman–Crippen LogP) is 1.29. The van der Waals surface area contributed by atoms with Crippen molar-refractivity contribution < 1.29 is 0 Å². The summed E-state index contributed by atoms with van der Waals surface area (Å²) in [6, 6.07) is 4.10. The summed E-state index contributed by atoms with van der Waals surface area (Å²) >= 11 is 0. The van der Waals surface area contributed by atoms with Gasteiger partial charge in [0.1, 0.15) is 11.8 Å². The summed E-state index contributed by atoms with van der Waals surface area (Å²) in [6.07, 6.45) is 1.49. The van der Waals surface area contributed by atoms with Gasteiger partial charge in [0.15, 0.2) is 0 Å². The highest BCUT2D eigenvalue weighted by Crippen LogP contribution is 2.17. The van der Waals surface area contributed by atoms with Crippen molar-refractivity contribution in [2.75, 3.05) is 0 Å². The van der Waals surface area contributed by atoms with Crippen LogP contribution in [0.15, 0.2) is 18.5 Å². The van der Waals surface area contributed by atoms with Crippen LogP contribution < -0.4 is 0 Å².